The molecule has 0 spiro atoms. The topological polar surface area (TPSA) is 56.3 Å². The van der Waals surface area contributed by atoms with E-state index in [1.165, 1.54) is 6.07 Å². The molecule has 1 saturated heterocycles. The number of aromatic nitrogens is 1. The SMILES string of the molecule is O=S(C[C@]1(O)CCN2CCc3c([nH]c4ccc(F)cc34)[C@H]2C1)c1ccccc1. The van der Waals surface area contributed by atoms with Crippen molar-refractivity contribution in [3.05, 3.63) is 65.6 Å². The van der Waals surface area contributed by atoms with Crippen LogP contribution in [0.1, 0.15) is 30.1 Å². The van der Waals surface area contributed by atoms with Gasteiger partial charge in [0.25, 0.3) is 0 Å². The maximum Gasteiger partial charge on any atom is 0.123 e. The van der Waals surface area contributed by atoms with Gasteiger partial charge in [-0.25, -0.2) is 4.39 Å². The summed E-state index contributed by atoms with van der Waals surface area (Å²) in [6.07, 6.45) is 2.03. The Bertz CT molecular complexity index is 1050. The fraction of sp³-hybridized carbons (Fsp3) is 0.364. The number of benzene rings is 2. The van der Waals surface area contributed by atoms with E-state index in [1.54, 1.807) is 12.1 Å². The average molecular weight is 399 g/mol. The molecule has 146 valence electrons. The second-order valence-corrected chi connectivity index (χ2v) is 9.44. The number of H-pyrrole nitrogens is 1. The molecule has 28 heavy (non-hydrogen) atoms. The molecule has 0 saturated carbocycles. The van der Waals surface area contributed by atoms with Crippen LogP contribution in [0, 0.1) is 5.82 Å². The highest BCUT2D eigenvalue weighted by Gasteiger charge is 2.43. The molecule has 2 aliphatic rings. The van der Waals surface area contributed by atoms with Gasteiger partial charge in [0, 0.05) is 34.6 Å². The minimum atomic E-state index is -1.24. The first-order valence-corrected chi connectivity index (χ1v) is 11.0. The zero-order chi connectivity index (χ0) is 19.3. The Morgan fingerprint density at radius 3 is 2.86 bits per heavy atom. The number of hydrogen-bond acceptors (Lipinski definition) is 3. The summed E-state index contributed by atoms with van der Waals surface area (Å²) in [6.45, 7) is 1.68. The van der Waals surface area contributed by atoms with Crippen molar-refractivity contribution in [1.29, 1.82) is 0 Å². The van der Waals surface area contributed by atoms with Gasteiger partial charge in [-0.05, 0) is 55.2 Å². The molecule has 5 rings (SSSR count). The predicted molar refractivity (Wildman–Crippen MR) is 108 cm³/mol. The number of aromatic amines is 1. The van der Waals surface area contributed by atoms with Crippen molar-refractivity contribution >= 4 is 21.7 Å². The first-order chi connectivity index (χ1) is 13.5. The molecule has 1 aromatic heterocycles. The van der Waals surface area contributed by atoms with Gasteiger partial charge >= 0.3 is 0 Å². The van der Waals surface area contributed by atoms with E-state index in [0.29, 0.717) is 12.8 Å². The van der Waals surface area contributed by atoms with Gasteiger partial charge in [0.05, 0.1) is 28.2 Å². The second-order valence-electron chi connectivity index (χ2n) is 7.99. The Kier molecular flexibility index (Phi) is 4.38. The van der Waals surface area contributed by atoms with E-state index in [2.05, 4.69) is 9.88 Å². The number of aliphatic hydroxyl groups is 1. The second kappa shape index (κ2) is 6.79. The molecule has 2 N–H and O–H groups in total. The monoisotopic (exact) mass is 398 g/mol. The molecule has 0 aliphatic carbocycles. The zero-order valence-electron chi connectivity index (χ0n) is 15.5. The summed E-state index contributed by atoms with van der Waals surface area (Å²) in [6, 6.07) is 14.2. The lowest BCUT2D eigenvalue weighted by molar-refractivity contribution is -0.0350. The Hall–Kier alpha value is -2.02. The largest absolute Gasteiger partial charge is 0.389 e. The smallest absolute Gasteiger partial charge is 0.123 e. The van der Waals surface area contributed by atoms with Crippen LogP contribution < -0.4 is 0 Å². The lowest BCUT2D eigenvalue weighted by Crippen LogP contribution is -2.51. The van der Waals surface area contributed by atoms with E-state index in [4.69, 9.17) is 0 Å². The number of piperidine rings is 1. The molecule has 0 amide bonds. The van der Waals surface area contributed by atoms with E-state index < -0.39 is 16.4 Å². The molecule has 2 aliphatic heterocycles. The molecule has 0 bridgehead atoms. The van der Waals surface area contributed by atoms with Gasteiger partial charge < -0.3 is 10.1 Å². The van der Waals surface area contributed by atoms with Crippen molar-refractivity contribution < 1.29 is 13.7 Å². The van der Waals surface area contributed by atoms with Crippen molar-refractivity contribution in [3.63, 3.8) is 0 Å². The van der Waals surface area contributed by atoms with Crippen LogP contribution in [-0.2, 0) is 17.2 Å². The standard InChI is InChI=1S/C22H23FN2O2S/c23-15-6-7-19-18(12-15)17-8-10-25-11-9-22(26,13-20(25)21(17)24-19)14-28(27)16-4-2-1-3-5-16/h1-7,12,20,24,26H,8-11,13-14H2/t20-,22+,28?/m1/s1. The van der Waals surface area contributed by atoms with Crippen LogP contribution >= 0.6 is 0 Å². The first-order valence-electron chi connectivity index (χ1n) is 9.72. The summed E-state index contributed by atoms with van der Waals surface area (Å²) in [5.74, 6) is 0.0149. The molecule has 3 atom stereocenters. The van der Waals surface area contributed by atoms with Crippen molar-refractivity contribution in [2.75, 3.05) is 18.8 Å². The summed E-state index contributed by atoms with van der Waals surface area (Å²) in [4.78, 5) is 6.61. The number of nitrogens with zero attached hydrogens (tertiary/aromatic N) is 1. The van der Waals surface area contributed by atoms with E-state index in [0.717, 1.165) is 46.6 Å². The highest BCUT2D eigenvalue weighted by atomic mass is 32.2. The van der Waals surface area contributed by atoms with Gasteiger partial charge in [-0.15, -0.1) is 0 Å². The summed E-state index contributed by atoms with van der Waals surface area (Å²) < 4.78 is 26.5. The van der Waals surface area contributed by atoms with Crippen LogP contribution in [-0.4, -0.2) is 43.6 Å². The molecule has 1 fully saturated rings. The number of rotatable bonds is 3. The molecule has 1 unspecified atom stereocenters. The van der Waals surface area contributed by atoms with Gasteiger partial charge in [-0.2, -0.15) is 0 Å². The Balaban J connectivity index is 1.44. The van der Waals surface area contributed by atoms with Crippen molar-refractivity contribution in [2.24, 2.45) is 0 Å². The van der Waals surface area contributed by atoms with E-state index >= 15 is 0 Å². The number of hydrogen-bond donors (Lipinski definition) is 2. The minimum absolute atomic E-state index is 0.0470. The van der Waals surface area contributed by atoms with Crippen LogP contribution in [0.15, 0.2) is 53.4 Å². The molecule has 6 heteroatoms. The molecule has 2 aromatic carbocycles. The third-order valence-electron chi connectivity index (χ3n) is 6.17. The quantitative estimate of drug-likeness (QED) is 0.710. The average Bonchev–Trinajstić information content (AvgIpc) is 3.07. The molecular weight excluding hydrogens is 375 g/mol. The highest BCUT2D eigenvalue weighted by Crippen LogP contribution is 2.43. The summed E-state index contributed by atoms with van der Waals surface area (Å²) >= 11 is 0. The highest BCUT2D eigenvalue weighted by molar-refractivity contribution is 7.85. The number of fused-ring (bicyclic) bond motifs is 5. The van der Waals surface area contributed by atoms with Crippen LogP contribution in [0.3, 0.4) is 0 Å². The van der Waals surface area contributed by atoms with Crippen LogP contribution in [0.5, 0.6) is 0 Å². The minimum Gasteiger partial charge on any atom is -0.389 e. The molecule has 0 radical (unpaired) electrons. The first kappa shape index (κ1) is 18.0. The lowest BCUT2D eigenvalue weighted by atomic mass is 9.83. The Labute approximate surface area is 165 Å². The summed E-state index contributed by atoms with van der Waals surface area (Å²) in [5, 5.41) is 12.2. The molecule has 3 heterocycles. The zero-order valence-corrected chi connectivity index (χ0v) is 16.3. The van der Waals surface area contributed by atoms with Gasteiger partial charge in [0.1, 0.15) is 5.82 Å². The third-order valence-corrected chi connectivity index (χ3v) is 7.77. The van der Waals surface area contributed by atoms with Crippen LogP contribution in [0.2, 0.25) is 0 Å². The van der Waals surface area contributed by atoms with E-state index in [-0.39, 0.29) is 17.6 Å². The van der Waals surface area contributed by atoms with Crippen molar-refractivity contribution in [2.45, 2.75) is 35.8 Å². The fourth-order valence-electron chi connectivity index (χ4n) is 4.73. The predicted octanol–water partition coefficient (Wildman–Crippen LogP) is 3.54. The summed E-state index contributed by atoms with van der Waals surface area (Å²) in [7, 11) is -1.24. The van der Waals surface area contributed by atoms with E-state index in [9.17, 15) is 13.7 Å². The maximum atomic E-state index is 13.7. The fourth-order valence-corrected chi connectivity index (χ4v) is 6.11. The maximum absolute atomic E-state index is 13.7. The molecular formula is C22H23FN2O2S. The lowest BCUT2D eigenvalue weighted by Gasteiger charge is -2.46. The van der Waals surface area contributed by atoms with Crippen molar-refractivity contribution in [3.8, 4) is 0 Å². The Morgan fingerprint density at radius 2 is 2.04 bits per heavy atom. The number of halogens is 1. The van der Waals surface area contributed by atoms with E-state index in [1.807, 2.05) is 30.3 Å². The Morgan fingerprint density at radius 1 is 1.21 bits per heavy atom. The van der Waals surface area contributed by atoms with Gasteiger partial charge in [-0.1, -0.05) is 18.2 Å². The van der Waals surface area contributed by atoms with Gasteiger partial charge in [0.2, 0.25) is 0 Å². The van der Waals surface area contributed by atoms with Gasteiger partial charge in [-0.3, -0.25) is 9.11 Å². The normalized spacial score (nSPS) is 26.0. The molecule has 3 aromatic rings. The summed E-state index contributed by atoms with van der Waals surface area (Å²) in [5.41, 5.74) is 2.20. The molecule has 4 nitrogen and oxygen atoms in total. The van der Waals surface area contributed by atoms with Crippen molar-refractivity contribution in [1.82, 2.24) is 9.88 Å². The third kappa shape index (κ3) is 3.09. The van der Waals surface area contributed by atoms with Crippen LogP contribution in [0.4, 0.5) is 4.39 Å². The van der Waals surface area contributed by atoms with Gasteiger partial charge in [0.15, 0.2) is 0 Å². The number of nitrogens with one attached hydrogen (secondary N) is 1. The van der Waals surface area contributed by atoms with Crippen LogP contribution in [0.25, 0.3) is 10.9 Å².